The van der Waals surface area contributed by atoms with E-state index in [1.807, 2.05) is 13.2 Å². The second kappa shape index (κ2) is 5.27. The third-order valence-electron chi connectivity index (χ3n) is 4.48. The molecule has 0 bridgehead atoms. The summed E-state index contributed by atoms with van der Waals surface area (Å²) >= 11 is 0. The summed E-state index contributed by atoms with van der Waals surface area (Å²) < 4.78 is 0. The van der Waals surface area contributed by atoms with Gasteiger partial charge in [-0.05, 0) is 50.3 Å². The van der Waals surface area contributed by atoms with Crippen molar-refractivity contribution in [3.63, 3.8) is 0 Å². The van der Waals surface area contributed by atoms with Crippen LogP contribution in [0, 0.1) is 5.92 Å². The lowest BCUT2D eigenvalue weighted by Gasteiger charge is -2.38. The SMILES string of the molecule is CNCc1ccc(N2CCCC3CCCC32)nc1. The van der Waals surface area contributed by atoms with E-state index in [0.717, 1.165) is 18.5 Å². The van der Waals surface area contributed by atoms with Crippen LogP contribution in [0.15, 0.2) is 18.3 Å². The molecule has 0 amide bonds. The Morgan fingerprint density at radius 1 is 1.28 bits per heavy atom. The van der Waals surface area contributed by atoms with Crippen molar-refractivity contribution in [2.45, 2.75) is 44.7 Å². The fraction of sp³-hybridized carbons (Fsp3) is 0.667. The van der Waals surface area contributed by atoms with Gasteiger partial charge in [0, 0.05) is 25.3 Å². The number of nitrogens with one attached hydrogen (secondary N) is 1. The maximum absolute atomic E-state index is 4.67. The van der Waals surface area contributed by atoms with Gasteiger partial charge < -0.3 is 10.2 Å². The smallest absolute Gasteiger partial charge is 0.128 e. The molecule has 1 aromatic rings. The van der Waals surface area contributed by atoms with Crippen LogP contribution < -0.4 is 10.2 Å². The minimum absolute atomic E-state index is 0.765. The Balaban J connectivity index is 1.76. The summed E-state index contributed by atoms with van der Waals surface area (Å²) in [5.41, 5.74) is 1.27. The molecule has 1 saturated heterocycles. The third kappa shape index (κ3) is 2.24. The van der Waals surface area contributed by atoms with Gasteiger partial charge in [0.1, 0.15) is 5.82 Å². The van der Waals surface area contributed by atoms with Gasteiger partial charge in [0.2, 0.25) is 0 Å². The summed E-state index contributed by atoms with van der Waals surface area (Å²) in [6, 6.07) is 5.17. The molecule has 1 saturated carbocycles. The highest BCUT2D eigenvalue weighted by Gasteiger charge is 2.35. The van der Waals surface area contributed by atoms with Gasteiger partial charge in [-0.3, -0.25) is 0 Å². The molecule has 18 heavy (non-hydrogen) atoms. The molecule has 3 nitrogen and oxygen atoms in total. The first kappa shape index (κ1) is 12.0. The van der Waals surface area contributed by atoms with E-state index in [0.29, 0.717) is 0 Å². The number of hydrogen-bond donors (Lipinski definition) is 1. The number of aromatic nitrogens is 1. The summed E-state index contributed by atoms with van der Waals surface area (Å²) in [5.74, 6) is 2.11. The van der Waals surface area contributed by atoms with E-state index in [2.05, 4.69) is 27.3 Å². The maximum Gasteiger partial charge on any atom is 0.128 e. The van der Waals surface area contributed by atoms with Crippen molar-refractivity contribution in [2.75, 3.05) is 18.5 Å². The van der Waals surface area contributed by atoms with Crippen molar-refractivity contribution in [3.05, 3.63) is 23.9 Å². The molecular weight excluding hydrogens is 222 g/mol. The molecule has 2 heterocycles. The molecule has 3 rings (SSSR count). The van der Waals surface area contributed by atoms with Gasteiger partial charge in [0.05, 0.1) is 0 Å². The number of fused-ring (bicyclic) bond motifs is 1. The van der Waals surface area contributed by atoms with Crippen LogP contribution in [-0.2, 0) is 6.54 Å². The number of anilines is 1. The fourth-order valence-corrected chi connectivity index (χ4v) is 3.63. The minimum atomic E-state index is 0.765. The van der Waals surface area contributed by atoms with Crippen LogP contribution in [0.5, 0.6) is 0 Å². The normalized spacial score (nSPS) is 27.3. The topological polar surface area (TPSA) is 28.2 Å². The molecule has 0 spiro atoms. The van der Waals surface area contributed by atoms with Crippen molar-refractivity contribution in [3.8, 4) is 0 Å². The highest BCUT2D eigenvalue weighted by molar-refractivity contribution is 5.41. The van der Waals surface area contributed by atoms with Crippen molar-refractivity contribution >= 4 is 5.82 Å². The Hall–Kier alpha value is -1.09. The van der Waals surface area contributed by atoms with Gasteiger partial charge in [0.15, 0.2) is 0 Å². The first-order chi connectivity index (χ1) is 8.88. The first-order valence-electron chi connectivity index (χ1n) is 7.24. The molecule has 1 aliphatic carbocycles. The zero-order chi connectivity index (χ0) is 12.4. The predicted molar refractivity (Wildman–Crippen MR) is 74.7 cm³/mol. The maximum atomic E-state index is 4.67. The molecule has 2 unspecified atom stereocenters. The second-order valence-corrected chi connectivity index (χ2v) is 5.65. The van der Waals surface area contributed by atoms with Crippen molar-refractivity contribution in [2.24, 2.45) is 5.92 Å². The van der Waals surface area contributed by atoms with Crippen molar-refractivity contribution in [1.29, 1.82) is 0 Å². The van der Waals surface area contributed by atoms with Crippen LogP contribution in [0.4, 0.5) is 5.82 Å². The molecule has 0 radical (unpaired) electrons. The van der Waals surface area contributed by atoms with E-state index in [9.17, 15) is 0 Å². The lowest BCUT2D eigenvalue weighted by atomic mass is 9.92. The Labute approximate surface area is 110 Å². The number of rotatable bonds is 3. The average Bonchev–Trinajstić information content (AvgIpc) is 2.88. The summed E-state index contributed by atoms with van der Waals surface area (Å²) in [6.45, 7) is 2.10. The highest BCUT2D eigenvalue weighted by atomic mass is 15.2. The van der Waals surface area contributed by atoms with E-state index >= 15 is 0 Å². The Bertz CT molecular complexity index is 387. The minimum Gasteiger partial charge on any atom is -0.353 e. The molecule has 1 aliphatic heterocycles. The largest absolute Gasteiger partial charge is 0.353 e. The van der Waals surface area contributed by atoms with E-state index in [-0.39, 0.29) is 0 Å². The molecule has 2 fully saturated rings. The Kier molecular flexibility index (Phi) is 3.50. The standard InChI is InChI=1S/C15H23N3/c1-16-10-12-7-8-15(17-11-12)18-9-3-5-13-4-2-6-14(13)18/h7-8,11,13-14,16H,2-6,9-10H2,1H3. The number of pyridine rings is 1. The highest BCUT2D eigenvalue weighted by Crippen LogP contribution is 2.38. The lowest BCUT2D eigenvalue weighted by molar-refractivity contribution is 0.360. The van der Waals surface area contributed by atoms with Gasteiger partial charge in [-0.1, -0.05) is 12.5 Å². The van der Waals surface area contributed by atoms with E-state index < -0.39 is 0 Å². The Morgan fingerprint density at radius 3 is 2.94 bits per heavy atom. The summed E-state index contributed by atoms with van der Waals surface area (Å²) in [6.07, 6.45) is 8.98. The molecule has 1 N–H and O–H groups in total. The summed E-state index contributed by atoms with van der Waals surface area (Å²) in [4.78, 5) is 7.23. The van der Waals surface area contributed by atoms with Crippen LogP contribution in [-0.4, -0.2) is 24.6 Å². The third-order valence-corrected chi connectivity index (χ3v) is 4.48. The fourth-order valence-electron chi connectivity index (χ4n) is 3.63. The molecule has 2 aliphatic rings. The number of nitrogens with zero attached hydrogens (tertiary/aromatic N) is 2. The zero-order valence-electron chi connectivity index (χ0n) is 11.2. The molecule has 0 aromatic carbocycles. The van der Waals surface area contributed by atoms with Crippen LogP contribution in [0.1, 0.15) is 37.7 Å². The predicted octanol–water partition coefficient (Wildman–Crippen LogP) is 2.57. The van der Waals surface area contributed by atoms with Crippen LogP contribution in [0.3, 0.4) is 0 Å². The van der Waals surface area contributed by atoms with Gasteiger partial charge in [-0.15, -0.1) is 0 Å². The zero-order valence-corrected chi connectivity index (χ0v) is 11.2. The van der Waals surface area contributed by atoms with Crippen LogP contribution in [0.25, 0.3) is 0 Å². The molecule has 2 atom stereocenters. The first-order valence-corrected chi connectivity index (χ1v) is 7.24. The van der Waals surface area contributed by atoms with Gasteiger partial charge >= 0.3 is 0 Å². The van der Waals surface area contributed by atoms with Crippen molar-refractivity contribution < 1.29 is 0 Å². The number of piperidine rings is 1. The Morgan fingerprint density at radius 2 is 2.17 bits per heavy atom. The summed E-state index contributed by atoms with van der Waals surface area (Å²) in [7, 11) is 1.97. The van der Waals surface area contributed by atoms with E-state index in [1.54, 1.807) is 0 Å². The average molecular weight is 245 g/mol. The molecule has 1 aromatic heterocycles. The molecule has 98 valence electrons. The molecular formula is C15H23N3. The van der Waals surface area contributed by atoms with Gasteiger partial charge in [-0.25, -0.2) is 4.98 Å². The quantitative estimate of drug-likeness (QED) is 0.887. The number of hydrogen-bond acceptors (Lipinski definition) is 3. The van der Waals surface area contributed by atoms with Crippen LogP contribution in [0.2, 0.25) is 0 Å². The van der Waals surface area contributed by atoms with Crippen LogP contribution >= 0.6 is 0 Å². The molecule has 3 heteroatoms. The van der Waals surface area contributed by atoms with E-state index in [1.165, 1.54) is 50.0 Å². The summed E-state index contributed by atoms with van der Waals surface area (Å²) in [5, 5.41) is 3.17. The lowest BCUT2D eigenvalue weighted by Crippen LogP contribution is -2.43. The van der Waals surface area contributed by atoms with Crippen molar-refractivity contribution in [1.82, 2.24) is 10.3 Å². The van der Waals surface area contributed by atoms with Gasteiger partial charge in [-0.2, -0.15) is 0 Å². The van der Waals surface area contributed by atoms with Gasteiger partial charge in [0.25, 0.3) is 0 Å². The van der Waals surface area contributed by atoms with E-state index in [4.69, 9.17) is 0 Å². The monoisotopic (exact) mass is 245 g/mol. The second-order valence-electron chi connectivity index (χ2n) is 5.65.